The SMILES string of the molecule is CCC(=O)c1ccc(OCC(=O)Nc2ccc(F)c(-c3nnc4n3CCCCC4)c2)cc1. The van der Waals surface area contributed by atoms with E-state index in [0.29, 0.717) is 34.8 Å². The standard InChI is InChI=1S/C24H25FN4O3/c1-2-21(30)16-7-10-18(11-8-16)32-15-23(31)26-17-9-12-20(25)19(14-17)24-28-27-22-6-4-3-5-13-29(22)24/h7-12,14H,2-6,13,15H2,1H3,(H,26,31). The summed E-state index contributed by atoms with van der Waals surface area (Å²) in [5.74, 6) is 1.08. The van der Waals surface area contributed by atoms with Crippen molar-refractivity contribution >= 4 is 17.4 Å². The average Bonchev–Trinajstić information content (AvgIpc) is 3.06. The van der Waals surface area contributed by atoms with Gasteiger partial charge in [0.05, 0.1) is 5.56 Å². The van der Waals surface area contributed by atoms with Gasteiger partial charge < -0.3 is 14.6 Å². The van der Waals surface area contributed by atoms with Crippen LogP contribution in [-0.4, -0.2) is 33.1 Å². The number of aryl methyl sites for hydroxylation is 1. The Balaban J connectivity index is 1.42. The maximum atomic E-state index is 14.6. The van der Waals surface area contributed by atoms with E-state index >= 15 is 0 Å². The van der Waals surface area contributed by atoms with Gasteiger partial charge in [-0.3, -0.25) is 9.59 Å². The molecule has 7 nitrogen and oxygen atoms in total. The molecule has 1 aliphatic heterocycles. The van der Waals surface area contributed by atoms with Crippen LogP contribution in [0.25, 0.3) is 11.4 Å². The van der Waals surface area contributed by atoms with Crippen LogP contribution in [0.4, 0.5) is 10.1 Å². The van der Waals surface area contributed by atoms with E-state index in [1.165, 1.54) is 12.1 Å². The monoisotopic (exact) mass is 436 g/mol. The second-order valence-electron chi connectivity index (χ2n) is 7.73. The minimum absolute atomic E-state index is 0.0472. The smallest absolute Gasteiger partial charge is 0.262 e. The number of nitrogens with one attached hydrogen (secondary N) is 1. The van der Waals surface area contributed by atoms with Crippen molar-refractivity contribution in [2.24, 2.45) is 0 Å². The number of ether oxygens (including phenoxy) is 1. The maximum Gasteiger partial charge on any atom is 0.262 e. The van der Waals surface area contributed by atoms with Gasteiger partial charge in [0.2, 0.25) is 0 Å². The first kappa shape index (κ1) is 21.7. The van der Waals surface area contributed by atoms with E-state index in [4.69, 9.17) is 4.74 Å². The molecule has 4 rings (SSSR count). The predicted octanol–water partition coefficient (Wildman–Crippen LogP) is 4.42. The highest BCUT2D eigenvalue weighted by molar-refractivity contribution is 5.96. The minimum atomic E-state index is -0.416. The number of benzene rings is 2. The number of ketones is 1. The van der Waals surface area contributed by atoms with E-state index < -0.39 is 5.82 Å². The molecule has 2 aromatic carbocycles. The highest BCUT2D eigenvalue weighted by Crippen LogP contribution is 2.27. The minimum Gasteiger partial charge on any atom is -0.484 e. The molecule has 0 fully saturated rings. The molecule has 8 heteroatoms. The molecule has 0 unspecified atom stereocenters. The second kappa shape index (κ2) is 9.72. The number of Topliss-reactive ketones (excluding diaryl/α,β-unsaturated/α-hetero) is 1. The number of carbonyl (C=O) groups excluding carboxylic acids is 2. The van der Waals surface area contributed by atoms with E-state index in [0.717, 1.165) is 38.1 Å². The summed E-state index contributed by atoms with van der Waals surface area (Å²) in [7, 11) is 0. The lowest BCUT2D eigenvalue weighted by molar-refractivity contribution is -0.118. The number of rotatable bonds is 7. The molecule has 1 N–H and O–H groups in total. The van der Waals surface area contributed by atoms with Crippen LogP contribution in [0.5, 0.6) is 5.75 Å². The van der Waals surface area contributed by atoms with Crippen LogP contribution >= 0.6 is 0 Å². The van der Waals surface area contributed by atoms with Gasteiger partial charge in [-0.15, -0.1) is 10.2 Å². The molecule has 0 bridgehead atoms. The normalized spacial score (nSPS) is 13.2. The number of anilines is 1. The van der Waals surface area contributed by atoms with Crippen LogP contribution in [0.3, 0.4) is 0 Å². The number of amides is 1. The topological polar surface area (TPSA) is 86.1 Å². The average molecular weight is 436 g/mol. The second-order valence-corrected chi connectivity index (χ2v) is 7.73. The molecule has 0 radical (unpaired) electrons. The molecular weight excluding hydrogens is 411 g/mol. The molecule has 2 heterocycles. The highest BCUT2D eigenvalue weighted by Gasteiger charge is 2.19. The van der Waals surface area contributed by atoms with Crippen LogP contribution < -0.4 is 10.1 Å². The Morgan fingerprint density at radius 3 is 2.69 bits per heavy atom. The maximum absolute atomic E-state index is 14.6. The Bertz CT molecular complexity index is 1120. The third-order valence-electron chi connectivity index (χ3n) is 5.47. The summed E-state index contributed by atoms with van der Waals surface area (Å²) in [6, 6.07) is 11.0. The van der Waals surface area contributed by atoms with Gasteiger partial charge in [-0.25, -0.2) is 4.39 Å². The quantitative estimate of drug-likeness (QED) is 0.554. The van der Waals surface area contributed by atoms with Crippen LogP contribution in [0, 0.1) is 5.82 Å². The summed E-state index contributed by atoms with van der Waals surface area (Å²) < 4.78 is 22.0. The summed E-state index contributed by atoms with van der Waals surface area (Å²) in [6.07, 6.45) is 4.42. The summed E-state index contributed by atoms with van der Waals surface area (Å²) in [5, 5.41) is 11.2. The van der Waals surface area contributed by atoms with Crippen molar-refractivity contribution in [3.8, 4) is 17.1 Å². The predicted molar refractivity (Wildman–Crippen MR) is 118 cm³/mol. The number of hydrogen-bond acceptors (Lipinski definition) is 5. The van der Waals surface area contributed by atoms with Crippen LogP contribution in [0.1, 0.15) is 48.8 Å². The fraction of sp³-hybridized carbons (Fsp3) is 0.333. The summed E-state index contributed by atoms with van der Waals surface area (Å²) in [5.41, 5.74) is 1.36. The number of fused-ring (bicyclic) bond motifs is 1. The molecule has 166 valence electrons. The zero-order chi connectivity index (χ0) is 22.5. The first-order chi connectivity index (χ1) is 15.5. The van der Waals surface area contributed by atoms with Gasteiger partial charge in [0.1, 0.15) is 17.4 Å². The first-order valence-electron chi connectivity index (χ1n) is 10.8. The van der Waals surface area contributed by atoms with Crippen LogP contribution in [0.2, 0.25) is 0 Å². The van der Waals surface area contributed by atoms with Crippen molar-refractivity contribution in [2.45, 2.75) is 45.6 Å². The summed E-state index contributed by atoms with van der Waals surface area (Å²) in [4.78, 5) is 24.0. The Labute approximate surface area is 185 Å². The molecule has 3 aromatic rings. The zero-order valence-corrected chi connectivity index (χ0v) is 17.9. The van der Waals surface area contributed by atoms with E-state index in [1.54, 1.807) is 37.3 Å². The largest absolute Gasteiger partial charge is 0.484 e. The molecule has 0 saturated heterocycles. The van der Waals surface area contributed by atoms with Gasteiger partial charge in [-0.2, -0.15) is 0 Å². The number of carbonyl (C=O) groups is 2. The third-order valence-corrected chi connectivity index (χ3v) is 5.47. The Morgan fingerprint density at radius 2 is 1.91 bits per heavy atom. The fourth-order valence-electron chi connectivity index (χ4n) is 3.75. The fourth-order valence-corrected chi connectivity index (χ4v) is 3.75. The van der Waals surface area contributed by atoms with Crippen LogP contribution in [-0.2, 0) is 17.8 Å². The Kier molecular flexibility index (Phi) is 6.58. The molecule has 0 saturated carbocycles. The number of nitrogens with zero attached hydrogens (tertiary/aromatic N) is 3. The lowest BCUT2D eigenvalue weighted by atomic mass is 10.1. The van der Waals surface area contributed by atoms with Gasteiger partial charge in [-0.05, 0) is 55.3 Å². The number of aromatic nitrogens is 3. The van der Waals surface area contributed by atoms with E-state index in [1.807, 2.05) is 4.57 Å². The van der Waals surface area contributed by atoms with Gasteiger partial charge >= 0.3 is 0 Å². The van der Waals surface area contributed by atoms with Crippen molar-refractivity contribution in [1.29, 1.82) is 0 Å². The summed E-state index contributed by atoms with van der Waals surface area (Å²) in [6.45, 7) is 2.34. The van der Waals surface area contributed by atoms with Crippen molar-refractivity contribution in [3.05, 3.63) is 59.7 Å². The van der Waals surface area contributed by atoms with Crippen molar-refractivity contribution in [1.82, 2.24) is 14.8 Å². The molecule has 0 aliphatic carbocycles. The molecular formula is C24H25FN4O3. The molecule has 32 heavy (non-hydrogen) atoms. The Morgan fingerprint density at radius 1 is 1.09 bits per heavy atom. The van der Waals surface area contributed by atoms with Gasteiger partial charge in [0, 0.05) is 30.6 Å². The number of hydrogen-bond donors (Lipinski definition) is 1. The van der Waals surface area contributed by atoms with Crippen molar-refractivity contribution < 1.29 is 18.7 Å². The lowest BCUT2D eigenvalue weighted by Gasteiger charge is -2.11. The number of halogens is 1. The van der Waals surface area contributed by atoms with Gasteiger partial charge in [0.25, 0.3) is 5.91 Å². The van der Waals surface area contributed by atoms with Crippen LogP contribution in [0.15, 0.2) is 42.5 Å². The van der Waals surface area contributed by atoms with Crippen molar-refractivity contribution in [3.63, 3.8) is 0 Å². The van der Waals surface area contributed by atoms with E-state index in [9.17, 15) is 14.0 Å². The first-order valence-corrected chi connectivity index (χ1v) is 10.8. The Hall–Kier alpha value is -3.55. The van der Waals surface area contributed by atoms with Gasteiger partial charge in [-0.1, -0.05) is 13.3 Å². The lowest BCUT2D eigenvalue weighted by Crippen LogP contribution is -2.20. The molecule has 0 spiro atoms. The molecule has 1 aliphatic rings. The summed E-state index contributed by atoms with van der Waals surface area (Å²) >= 11 is 0. The highest BCUT2D eigenvalue weighted by atomic mass is 19.1. The zero-order valence-electron chi connectivity index (χ0n) is 17.9. The van der Waals surface area contributed by atoms with E-state index in [2.05, 4.69) is 15.5 Å². The van der Waals surface area contributed by atoms with Gasteiger partial charge in [0.15, 0.2) is 18.2 Å². The molecule has 1 aromatic heterocycles. The molecule has 0 atom stereocenters. The van der Waals surface area contributed by atoms with E-state index in [-0.39, 0.29) is 18.3 Å². The molecule has 1 amide bonds. The van der Waals surface area contributed by atoms with Crippen molar-refractivity contribution in [2.75, 3.05) is 11.9 Å². The third kappa shape index (κ3) is 4.85.